The van der Waals surface area contributed by atoms with E-state index >= 15 is 0 Å². The number of piperidine rings is 1. The molecular formula is C17H25N3O. The van der Waals surface area contributed by atoms with Gasteiger partial charge in [-0.1, -0.05) is 6.07 Å². The van der Waals surface area contributed by atoms with E-state index in [2.05, 4.69) is 28.6 Å². The van der Waals surface area contributed by atoms with Crippen LogP contribution in [0.1, 0.15) is 35.2 Å². The number of benzene rings is 1. The van der Waals surface area contributed by atoms with Gasteiger partial charge in [0, 0.05) is 24.3 Å². The van der Waals surface area contributed by atoms with Crippen LogP contribution in [-0.2, 0) is 6.42 Å². The predicted octanol–water partition coefficient (Wildman–Crippen LogP) is 2.12. The second-order valence-electron chi connectivity index (χ2n) is 6.34. The Kier molecular flexibility index (Phi) is 4.44. The zero-order valence-electron chi connectivity index (χ0n) is 12.8. The number of nitrogens with one attached hydrogen (secondary N) is 2. The van der Waals surface area contributed by atoms with E-state index in [1.165, 1.54) is 31.5 Å². The lowest BCUT2D eigenvalue weighted by atomic mass is 9.94. The van der Waals surface area contributed by atoms with E-state index in [1.54, 1.807) is 0 Å². The number of anilines is 1. The number of carbonyl (C=O) groups is 1. The van der Waals surface area contributed by atoms with E-state index in [0.29, 0.717) is 0 Å². The molecule has 114 valence electrons. The molecule has 3 rings (SSSR count). The second kappa shape index (κ2) is 6.48. The fourth-order valence-electron chi connectivity index (χ4n) is 3.27. The first-order chi connectivity index (χ1) is 10.2. The molecule has 1 fully saturated rings. The lowest BCUT2D eigenvalue weighted by Crippen LogP contribution is -2.32. The Morgan fingerprint density at radius 1 is 1.38 bits per heavy atom. The van der Waals surface area contributed by atoms with Gasteiger partial charge in [0.15, 0.2) is 0 Å². The van der Waals surface area contributed by atoms with E-state index in [-0.39, 0.29) is 5.91 Å². The van der Waals surface area contributed by atoms with Crippen molar-refractivity contribution >= 4 is 11.6 Å². The highest BCUT2D eigenvalue weighted by Gasteiger charge is 2.17. The monoisotopic (exact) mass is 287 g/mol. The number of hydrogen-bond acceptors (Lipinski definition) is 3. The molecule has 2 heterocycles. The van der Waals surface area contributed by atoms with Crippen molar-refractivity contribution < 1.29 is 4.79 Å². The largest absolute Gasteiger partial charge is 0.384 e. The predicted molar refractivity (Wildman–Crippen MR) is 85.8 cm³/mol. The highest BCUT2D eigenvalue weighted by Crippen LogP contribution is 2.23. The van der Waals surface area contributed by atoms with Gasteiger partial charge in [-0.3, -0.25) is 4.79 Å². The topological polar surface area (TPSA) is 44.4 Å². The Morgan fingerprint density at radius 3 is 3.00 bits per heavy atom. The van der Waals surface area contributed by atoms with E-state index in [9.17, 15) is 4.79 Å². The van der Waals surface area contributed by atoms with Gasteiger partial charge in [0.25, 0.3) is 5.91 Å². The molecule has 0 saturated carbocycles. The molecule has 0 unspecified atom stereocenters. The maximum absolute atomic E-state index is 12.2. The van der Waals surface area contributed by atoms with Gasteiger partial charge in [-0.25, -0.2) is 0 Å². The molecule has 0 aromatic heterocycles. The number of nitrogens with zero attached hydrogens (tertiary/aromatic N) is 1. The first-order valence-corrected chi connectivity index (χ1v) is 8.06. The van der Waals surface area contributed by atoms with Gasteiger partial charge in [-0.15, -0.1) is 0 Å². The van der Waals surface area contributed by atoms with Crippen molar-refractivity contribution in [1.29, 1.82) is 0 Å². The molecule has 0 aliphatic carbocycles. The fraction of sp³-hybridized carbons (Fsp3) is 0.588. The fourth-order valence-corrected chi connectivity index (χ4v) is 3.27. The zero-order valence-corrected chi connectivity index (χ0v) is 12.8. The van der Waals surface area contributed by atoms with E-state index < -0.39 is 0 Å². The minimum absolute atomic E-state index is 0.0550. The lowest BCUT2D eigenvalue weighted by molar-refractivity contribution is 0.0949. The second-order valence-corrected chi connectivity index (χ2v) is 6.34. The molecule has 0 atom stereocenters. The minimum Gasteiger partial charge on any atom is -0.384 e. The van der Waals surface area contributed by atoms with Crippen LogP contribution in [0, 0.1) is 5.92 Å². The highest BCUT2D eigenvalue weighted by molar-refractivity contribution is 5.95. The van der Waals surface area contributed by atoms with Gasteiger partial charge >= 0.3 is 0 Å². The van der Waals surface area contributed by atoms with Crippen molar-refractivity contribution in [1.82, 2.24) is 10.2 Å². The standard InChI is InChI=1S/C17H25N3O/c1-20-10-6-13(7-11-20)4-8-19-17(21)15-3-2-14-5-9-18-16(14)12-15/h2-3,12-13,18H,4-11H2,1H3,(H,19,21). The number of carbonyl (C=O) groups excluding carboxylic acids is 1. The molecule has 4 nitrogen and oxygen atoms in total. The number of rotatable bonds is 4. The van der Waals surface area contributed by atoms with Crippen LogP contribution in [-0.4, -0.2) is 44.0 Å². The molecular weight excluding hydrogens is 262 g/mol. The van der Waals surface area contributed by atoms with Crippen molar-refractivity contribution in [3.05, 3.63) is 29.3 Å². The van der Waals surface area contributed by atoms with Crippen LogP contribution in [0.3, 0.4) is 0 Å². The number of amides is 1. The van der Waals surface area contributed by atoms with Crippen LogP contribution in [0.5, 0.6) is 0 Å². The van der Waals surface area contributed by atoms with Crippen molar-refractivity contribution in [2.45, 2.75) is 25.7 Å². The molecule has 0 spiro atoms. The summed E-state index contributed by atoms with van der Waals surface area (Å²) in [6.45, 7) is 4.15. The maximum atomic E-state index is 12.2. The van der Waals surface area contributed by atoms with Crippen molar-refractivity contribution in [2.75, 3.05) is 38.5 Å². The van der Waals surface area contributed by atoms with Gasteiger partial charge in [-0.05, 0) is 69.4 Å². The van der Waals surface area contributed by atoms with Crippen molar-refractivity contribution in [3.8, 4) is 0 Å². The van der Waals surface area contributed by atoms with Crippen LogP contribution in [0.4, 0.5) is 5.69 Å². The molecule has 4 heteroatoms. The number of likely N-dealkylation sites (tertiary alicyclic amines) is 1. The number of fused-ring (bicyclic) bond motifs is 1. The third-order valence-electron chi connectivity index (χ3n) is 4.76. The summed E-state index contributed by atoms with van der Waals surface area (Å²) in [4.78, 5) is 14.6. The lowest BCUT2D eigenvalue weighted by Gasteiger charge is -2.28. The molecule has 1 amide bonds. The van der Waals surface area contributed by atoms with Crippen LogP contribution >= 0.6 is 0 Å². The molecule has 1 aromatic carbocycles. The van der Waals surface area contributed by atoms with Gasteiger partial charge in [-0.2, -0.15) is 0 Å². The average molecular weight is 287 g/mol. The third kappa shape index (κ3) is 3.56. The third-order valence-corrected chi connectivity index (χ3v) is 4.76. The summed E-state index contributed by atoms with van der Waals surface area (Å²) >= 11 is 0. The number of hydrogen-bond donors (Lipinski definition) is 2. The Hall–Kier alpha value is -1.55. The van der Waals surface area contributed by atoms with Gasteiger partial charge in [0.2, 0.25) is 0 Å². The van der Waals surface area contributed by atoms with E-state index in [1.807, 2.05) is 12.1 Å². The van der Waals surface area contributed by atoms with Gasteiger partial charge < -0.3 is 15.5 Å². The Bertz CT molecular complexity index is 507. The first-order valence-electron chi connectivity index (χ1n) is 8.06. The quantitative estimate of drug-likeness (QED) is 0.891. The van der Waals surface area contributed by atoms with Crippen LogP contribution in [0.2, 0.25) is 0 Å². The van der Waals surface area contributed by atoms with Crippen molar-refractivity contribution in [3.63, 3.8) is 0 Å². The highest BCUT2D eigenvalue weighted by atomic mass is 16.1. The molecule has 1 saturated heterocycles. The summed E-state index contributed by atoms with van der Waals surface area (Å²) in [5.41, 5.74) is 3.21. The van der Waals surface area contributed by atoms with Gasteiger partial charge in [0.1, 0.15) is 0 Å². The summed E-state index contributed by atoms with van der Waals surface area (Å²) in [5, 5.41) is 6.39. The summed E-state index contributed by atoms with van der Waals surface area (Å²) in [6.07, 6.45) is 4.68. The zero-order chi connectivity index (χ0) is 14.7. The van der Waals surface area contributed by atoms with Crippen LogP contribution in [0.15, 0.2) is 18.2 Å². The average Bonchev–Trinajstić information content (AvgIpc) is 2.96. The van der Waals surface area contributed by atoms with E-state index in [0.717, 1.165) is 43.1 Å². The molecule has 2 aliphatic heterocycles. The Morgan fingerprint density at radius 2 is 2.19 bits per heavy atom. The van der Waals surface area contributed by atoms with Crippen LogP contribution < -0.4 is 10.6 Å². The van der Waals surface area contributed by atoms with Gasteiger partial charge in [0.05, 0.1) is 0 Å². The molecule has 2 N–H and O–H groups in total. The maximum Gasteiger partial charge on any atom is 0.251 e. The first kappa shape index (κ1) is 14.4. The summed E-state index contributed by atoms with van der Waals surface area (Å²) in [7, 11) is 2.18. The van der Waals surface area contributed by atoms with E-state index in [4.69, 9.17) is 0 Å². The molecule has 21 heavy (non-hydrogen) atoms. The summed E-state index contributed by atoms with van der Waals surface area (Å²) in [5.74, 6) is 0.822. The summed E-state index contributed by atoms with van der Waals surface area (Å²) in [6, 6.07) is 5.99. The molecule has 2 aliphatic rings. The smallest absolute Gasteiger partial charge is 0.251 e. The molecule has 1 aromatic rings. The van der Waals surface area contributed by atoms with Crippen LogP contribution in [0.25, 0.3) is 0 Å². The minimum atomic E-state index is 0.0550. The summed E-state index contributed by atoms with van der Waals surface area (Å²) < 4.78 is 0. The Balaban J connectivity index is 1.46. The van der Waals surface area contributed by atoms with Crippen molar-refractivity contribution in [2.24, 2.45) is 5.92 Å². The molecule has 0 bridgehead atoms. The Labute approximate surface area is 126 Å². The SMILES string of the molecule is CN1CCC(CCNC(=O)c2ccc3c(c2)NCC3)CC1. The normalized spacial score (nSPS) is 19.1. The molecule has 0 radical (unpaired) electrons.